The third-order valence-electron chi connectivity index (χ3n) is 3.35. The molecule has 2 N–H and O–H groups in total. The van der Waals surface area contributed by atoms with Crippen LogP contribution in [0.5, 0.6) is 0 Å². The second kappa shape index (κ2) is 8.98. The number of halogens is 1. The first-order chi connectivity index (χ1) is 11.6. The van der Waals surface area contributed by atoms with E-state index < -0.39 is 0 Å². The summed E-state index contributed by atoms with van der Waals surface area (Å²) in [6, 6.07) is 11.2. The zero-order valence-corrected chi connectivity index (χ0v) is 14.5. The Bertz CT molecular complexity index is 668. The predicted molar refractivity (Wildman–Crippen MR) is 94.8 cm³/mol. The lowest BCUT2D eigenvalue weighted by Crippen LogP contribution is -2.43. The first kappa shape index (κ1) is 17.9. The van der Waals surface area contributed by atoms with E-state index in [0.717, 1.165) is 5.56 Å². The number of carbonyl (C=O) groups excluding carboxylic acids is 1. The Morgan fingerprint density at radius 1 is 1.25 bits per heavy atom. The van der Waals surface area contributed by atoms with Crippen LogP contribution in [0.3, 0.4) is 0 Å². The summed E-state index contributed by atoms with van der Waals surface area (Å²) in [6.07, 6.45) is 1.58. The van der Waals surface area contributed by atoms with Crippen LogP contribution < -0.4 is 10.6 Å². The van der Waals surface area contributed by atoms with Gasteiger partial charge in [0.05, 0.1) is 19.4 Å². The molecule has 0 unspecified atom stereocenters. The monoisotopic (exact) mass is 348 g/mol. The van der Waals surface area contributed by atoms with E-state index in [0.29, 0.717) is 29.8 Å². The maximum absolute atomic E-state index is 11.9. The van der Waals surface area contributed by atoms with Crippen molar-refractivity contribution in [1.82, 2.24) is 15.5 Å². The van der Waals surface area contributed by atoms with Crippen molar-refractivity contribution >= 4 is 23.5 Å². The molecule has 128 valence electrons. The zero-order valence-electron chi connectivity index (χ0n) is 13.8. The molecule has 0 saturated carbocycles. The molecule has 0 fully saturated rings. The molecular weight excluding hydrogens is 328 g/mol. The number of amides is 1. The molecule has 0 spiro atoms. The number of nitrogens with zero attached hydrogens (tertiary/aromatic N) is 2. The van der Waals surface area contributed by atoms with Crippen molar-refractivity contribution in [3.8, 4) is 0 Å². The number of furan rings is 1. The highest BCUT2D eigenvalue weighted by atomic mass is 35.5. The van der Waals surface area contributed by atoms with Gasteiger partial charge in [-0.1, -0.05) is 23.7 Å². The van der Waals surface area contributed by atoms with Crippen LogP contribution in [0.25, 0.3) is 0 Å². The maximum Gasteiger partial charge on any atom is 0.239 e. The molecule has 7 heteroatoms. The highest BCUT2D eigenvalue weighted by Gasteiger charge is 2.09. The highest BCUT2D eigenvalue weighted by molar-refractivity contribution is 6.30. The van der Waals surface area contributed by atoms with Gasteiger partial charge in [-0.3, -0.25) is 9.79 Å². The molecule has 0 bridgehead atoms. The summed E-state index contributed by atoms with van der Waals surface area (Å²) in [6.45, 7) is 1.16. The number of hydrogen-bond acceptors (Lipinski definition) is 3. The lowest BCUT2D eigenvalue weighted by Gasteiger charge is -2.22. The van der Waals surface area contributed by atoms with Gasteiger partial charge >= 0.3 is 0 Å². The van der Waals surface area contributed by atoms with Gasteiger partial charge in [0.1, 0.15) is 5.76 Å². The molecule has 1 heterocycles. The highest BCUT2D eigenvalue weighted by Crippen LogP contribution is 2.10. The first-order valence-corrected chi connectivity index (χ1v) is 7.91. The maximum atomic E-state index is 11.9. The van der Waals surface area contributed by atoms with Crippen molar-refractivity contribution in [3.05, 3.63) is 59.0 Å². The van der Waals surface area contributed by atoms with Gasteiger partial charge in [-0.15, -0.1) is 0 Å². The van der Waals surface area contributed by atoms with E-state index in [9.17, 15) is 4.79 Å². The van der Waals surface area contributed by atoms with E-state index in [-0.39, 0.29) is 12.5 Å². The van der Waals surface area contributed by atoms with E-state index in [1.807, 2.05) is 42.3 Å². The Balaban J connectivity index is 1.78. The van der Waals surface area contributed by atoms with Gasteiger partial charge in [-0.25, -0.2) is 0 Å². The predicted octanol–water partition coefficient (Wildman–Crippen LogP) is 2.26. The summed E-state index contributed by atoms with van der Waals surface area (Å²) in [5.74, 6) is 1.22. The van der Waals surface area contributed by atoms with Crippen LogP contribution in [0.4, 0.5) is 0 Å². The van der Waals surface area contributed by atoms with E-state index >= 15 is 0 Å². The number of guanidine groups is 1. The van der Waals surface area contributed by atoms with E-state index in [4.69, 9.17) is 16.0 Å². The van der Waals surface area contributed by atoms with E-state index in [2.05, 4.69) is 15.6 Å². The molecule has 0 atom stereocenters. The molecule has 0 radical (unpaired) electrons. The SMILES string of the molecule is CN=C(NCC(=O)NCc1ccco1)N(C)Cc1ccc(Cl)cc1. The lowest BCUT2D eigenvalue weighted by atomic mass is 10.2. The van der Waals surface area contributed by atoms with Crippen molar-refractivity contribution in [2.24, 2.45) is 4.99 Å². The Hall–Kier alpha value is -2.47. The third-order valence-corrected chi connectivity index (χ3v) is 3.61. The second-order valence-corrected chi connectivity index (χ2v) is 5.68. The largest absolute Gasteiger partial charge is 0.467 e. The van der Waals surface area contributed by atoms with Gasteiger partial charge in [-0.05, 0) is 29.8 Å². The van der Waals surface area contributed by atoms with Gasteiger partial charge in [-0.2, -0.15) is 0 Å². The molecule has 6 nitrogen and oxygen atoms in total. The fraction of sp³-hybridized carbons (Fsp3) is 0.294. The number of rotatable bonds is 6. The fourth-order valence-corrected chi connectivity index (χ4v) is 2.27. The summed E-state index contributed by atoms with van der Waals surface area (Å²) in [7, 11) is 3.59. The molecule has 1 aromatic heterocycles. The summed E-state index contributed by atoms with van der Waals surface area (Å²) in [4.78, 5) is 18.0. The van der Waals surface area contributed by atoms with Crippen molar-refractivity contribution < 1.29 is 9.21 Å². The van der Waals surface area contributed by atoms with Crippen molar-refractivity contribution in [3.63, 3.8) is 0 Å². The molecule has 1 amide bonds. The summed E-state index contributed by atoms with van der Waals surface area (Å²) in [5.41, 5.74) is 1.10. The molecule has 0 aliphatic heterocycles. The van der Waals surface area contributed by atoms with Crippen LogP contribution in [0.2, 0.25) is 5.02 Å². The minimum Gasteiger partial charge on any atom is -0.467 e. The molecule has 24 heavy (non-hydrogen) atoms. The van der Waals surface area contributed by atoms with Crippen LogP contribution in [0.1, 0.15) is 11.3 Å². The van der Waals surface area contributed by atoms with Crippen molar-refractivity contribution in [2.75, 3.05) is 20.6 Å². The molecule has 0 aliphatic carbocycles. The molecule has 2 rings (SSSR count). The van der Waals surface area contributed by atoms with Gasteiger partial charge in [0, 0.05) is 25.7 Å². The van der Waals surface area contributed by atoms with Crippen LogP contribution in [-0.4, -0.2) is 37.4 Å². The van der Waals surface area contributed by atoms with Crippen molar-refractivity contribution in [1.29, 1.82) is 0 Å². The molecule has 1 aromatic carbocycles. The van der Waals surface area contributed by atoms with Gasteiger partial charge in [0.15, 0.2) is 5.96 Å². The third kappa shape index (κ3) is 5.62. The fourth-order valence-electron chi connectivity index (χ4n) is 2.14. The Morgan fingerprint density at radius 3 is 2.62 bits per heavy atom. The number of aliphatic imine (C=N–C) groups is 1. The molecule has 0 aliphatic rings. The van der Waals surface area contributed by atoms with Crippen LogP contribution in [0.15, 0.2) is 52.1 Å². The number of carbonyl (C=O) groups is 1. The van der Waals surface area contributed by atoms with Gasteiger partial charge in [0.2, 0.25) is 5.91 Å². The summed E-state index contributed by atoms with van der Waals surface area (Å²) in [5, 5.41) is 6.52. The topological polar surface area (TPSA) is 69.9 Å². The van der Waals surface area contributed by atoms with E-state index in [1.165, 1.54) is 0 Å². The molecular formula is C17H21ClN4O2. The van der Waals surface area contributed by atoms with Crippen LogP contribution >= 0.6 is 11.6 Å². The minimum absolute atomic E-state index is 0.132. The van der Waals surface area contributed by atoms with Crippen LogP contribution in [0, 0.1) is 0 Å². The summed E-state index contributed by atoms with van der Waals surface area (Å²) < 4.78 is 5.17. The average molecular weight is 349 g/mol. The molecule has 0 saturated heterocycles. The molecule has 2 aromatic rings. The number of hydrogen-bond donors (Lipinski definition) is 2. The Labute approximate surface area is 146 Å². The lowest BCUT2D eigenvalue weighted by molar-refractivity contribution is -0.120. The minimum atomic E-state index is -0.132. The zero-order chi connectivity index (χ0) is 17.4. The normalized spacial score (nSPS) is 11.2. The quantitative estimate of drug-likeness (QED) is 0.620. The van der Waals surface area contributed by atoms with Crippen LogP contribution in [-0.2, 0) is 17.9 Å². The summed E-state index contributed by atoms with van der Waals surface area (Å²) >= 11 is 5.89. The smallest absolute Gasteiger partial charge is 0.239 e. The Morgan fingerprint density at radius 2 is 2.00 bits per heavy atom. The number of nitrogens with one attached hydrogen (secondary N) is 2. The van der Waals surface area contributed by atoms with Gasteiger partial charge in [0.25, 0.3) is 0 Å². The number of benzene rings is 1. The van der Waals surface area contributed by atoms with Gasteiger partial charge < -0.3 is 20.0 Å². The van der Waals surface area contributed by atoms with E-state index in [1.54, 1.807) is 19.4 Å². The first-order valence-electron chi connectivity index (χ1n) is 7.54. The Kier molecular flexibility index (Phi) is 6.69. The second-order valence-electron chi connectivity index (χ2n) is 5.24. The van der Waals surface area contributed by atoms with Crippen molar-refractivity contribution in [2.45, 2.75) is 13.1 Å². The average Bonchev–Trinajstić information content (AvgIpc) is 3.09. The standard InChI is InChI=1S/C17H21ClN4O2/c1-19-17(22(2)12-13-5-7-14(18)8-6-13)21-11-16(23)20-10-15-4-3-9-24-15/h3-9H,10-12H2,1-2H3,(H,19,21)(H,20,23).